The fourth-order valence-electron chi connectivity index (χ4n) is 3.78. The Hall–Kier alpha value is -3.59. The van der Waals surface area contributed by atoms with Gasteiger partial charge < -0.3 is 10.2 Å². The average molecular weight is 478 g/mol. The van der Waals surface area contributed by atoms with Crippen molar-refractivity contribution in [2.24, 2.45) is 5.92 Å². The summed E-state index contributed by atoms with van der Waals surface area (Å²) in [6, 6.07) is 16.6. The Labute approximate surface area is 202 Å². The van der Waals surface area contributed by atoms with Crippen LogP contribution in [0, 0.1) is 5.92 Å². The molecular formula is C25H27N5O3S. The molecule has 0 radical (unpaired) electrons. The van der Waals surface area contributed by atoms with Gasteiger partial charge in [-0.05, 0) is 36.2 Å². The molecule has 3 amide bonds. The monoisotopic (exact) mass is 477 g/mol. The Morgan fingerprint density at radius 3 is 2.56 bits per heavy atom. The minimum Gasteiger partial charge on any atom is -0.342 e. The molecule has 34 heavy (non-hydrogen) atoms. The summed E-state index contributed by atoms with van der Waals surface area (Å²) >= 11 is 1.34. The molecule has 4 rings (SSSR count). The molecule has 3 aromatic rings. The number of nitrogens with zero attached hydrogens (tertiary/aromatic N) is 3. The molecule has 1 unspecified atom stereocenters. The Morgan fingerprint density at radius 1 is 1.06 bits per heavy atom. The number of nitrogens with one attached hydrogen (secondary N) is 2. The minimum atomic E-state index is -0.352. The SMILES string of the molecule is CCCCN1CC(C(=O)Nc2ccc(C(=O)Nc3nnc(Cc4ccccc4)s3)cc2)CC1=O. The predicted molar refractivity (Wildman–Crippen MR) is 132 cm³/mol. The normalized spacial score (nSPS) is 15.4. The van der Waals surface area contributed by atoms with E-state index in [4.69, 9.17) is 0 Å². The molecule has 1 fully saturated rings. The van der Waals surface area contributed by atoms with Gasteiger partial charge >= 0.3 is 0 Å². The van der Waals surface area contributed by atoms with E-state index in [-0.39, 0.29) is 30.1 Å². The number of carbonyl (C=O) groups excluding carboxylic acids is 3. The smallest absolute Gasteiger partial charge is 0.257 e. The molecular weight excluding hydrogens is 450 g/mol. The Morgan fingerprint density at radius 2 is 1.82 bits per heavy atom. The van der Waals surface area contributed by atoms with E-state index >= 15 is 0 Å². The van der Waals surface area contributed by atoms with Crippen LogP contribution in [0.4, 0.5) is 10.8 Å². The van der Waals surface area contributed by atoms with Gasteiger partial charge in [0.2, 0.25) is 16.9 Å². The molecule has 8 nitrogen and oxygen atoms in total. The van der Waals surface area contributed by atoms with E-state index in [1.54, 1.807) is 29.2 Å². The third-order valence-electron chi connectivity index (χ3n) is 5.67. The van der Waals surface area contributed by atoms with E-state index in [0.29, 0.717) is 35.9 Å². The second-order valence-electron chi connectivity index (χ2n) is 8.28. The van der Waals surface area contributed by atoms with Gasteiger partial charge in [0.1, 0.15) is 5.01 Å². The molecule has 2 N–H and O–H groups in total. The van der Waals surface area contributed by atoms with E-state index in [1.165, 1.54) is 11.3 Å². The number of benzene rings is 2. The lowest BCUT2D eigenvalue weighted by molar-refractivity contribution is -0.128. The molecule has 0 aliphatic carbocycles. The van der Waals surface area contributed by atoms with Gasteiger partial charge in [0.05, 0.1) is 5.92 Å². The molecule has 2 heterocycles. The zero-order chi connectivity index (χ0) is 23.9. The number of carbonyl (C=O) groups is 3. The second kappa shape index (κ2) is 11.0. The number of amides is 3. The maximum Gasteiger partial charge on any atom is 0.257 e. The van der Waals surface area contributed by atoms with Crippen LogP contribution in [0.5, 0.6) is 0 Å². The fraction of sp³-hybridized carbons (Fsp3) is 0.320. The lowest BCUT2D eigenvalue weighted by Crippen LogP contribution is -2.29. The highest BCUT2D eigenvalue weighted by Gasteiger charge is 2.33. The van der Waals surface area contributed by atoms with Crippen LogP contribution in [0.25, 0.3) is 0 Å². The Balaban J connectivity index is 1.29. The summed E-state index contributed by atoms with van der Waals surface area (Å²) in [5, 5.41) is 15.1. The van der Waals surface area contributed by atoms with Crippen LogP contribution in [-0.4, -0.2) is 45.9 Å². The Bertz CT molecular complexity index is 1150. The molecule has 0 spiro atoms. The lowest BCUT2D eigenvalue weighted by Gasteiger charge is -2.16. The molecule has 1 aliphatic rings. The number of rotatable bonds is 9. The number of unbranched alkanes of at least 4 members (excludes halogenated alkanes) is 1. The first kappa shape index (κ1) is 23.6. The maximum absolute atomic E-state index is 12.6. The number of likely N-dealkylation sites (tertiary alicyclic amines) is 1. The van der Waals surface area contributed by atoms with Crippen LogP contribution in [-0.2, 0) is 16.0 Å². The molecule has 0 saturated carbocycles. The molecule has 176 valence electrons. The van der Waals surface area contributed by atoms with Gasteiger partial charge in [-0.15, -0.1) is 10.2 Å². The van der Waals surface area contributed by atoms with Crippen molar-refractivity contribution in [3.8, 4) is 0 Å². The third-order valence-corrected chi connectivity index (χ3v) is 6.51. The van der Waals surface area contributed by atoms with E-state index in [9.17, 15) is 14.4 Å². The topological polar surface area (TPSA) is 104 Å². The lowest BCUT2D eigenvalue weighted by atomic mass is 10.1. The van der Waals surface area contributed by atoms with Gasteiger partial charge in [0.25, 0.3) is 5.91 Å². The molecule has 1 atom stereocenters. The molecule has 2 aromatic carbocycles. The summed E-state index contributed by atoms with van der Waals surface area (Å²) < 4.78 is 0. The quantitative estimate of drug-likeness (QED) is 0.485. The van der Waals surface area contributed by atoms with Crippen molar-refractivity contribution < 1.29 is 14.4 Å². The number of anilines is 2. The number of hydrogen-bond donors (Lipinski definition) is 2. The van der Waals surface area contributed by atoms with Gasteiger partial charge in [-0.3, -0.25) is 19.7 Å². The van der Waals surface area contributed by atoms with Crippen molar-refractivity contribution in [3.63, 3.8) is 0 Å². The fourth-order valence-corrected chi connectivity index (χ4v) is 4.55. The summed E-state index contributed by atoms with van der Waals surface area (Å²) in [7, 11) is 0. The largest absolute Gasteiger partial charge is 0.342 e. The average Bonchev–Trinajstić information content (AvgIpc) is 3.44. The summed E-state index contributed by atoms with van der Waals surface area (Å²) in [6.45, 7) is 3.23. The Kier molecular flexibility index (Phi) is 7.64. The molecule has 9 heteroatoms. The van der Waals surface area contributed by atoms with E-state index < -0.39 is 0 Å². The molecule has 0 bridgehead atoms. The van der Waals surface area contributed by atoms with Crippen LogP contribution in [0.2, 0.25) is 0 Å². The minimum absolute atomic E-state index is 0.0317. The first-order valence-electron chi connectivity index (χ1n) is 11.4. The first-order valence-corrected chi connectivity index (χ1v) is 12.2. The highest BCUT2D eigenvalue weighted by molar-refractivity contribution is 7.15. The zero-order valence-electron chi connectivity index (χ0n) is 19.0. The van der Waals surface area contributed by atoms with E-state index in [2.05, 4.69) is 27.8 Å². The standard InChI is InChI=1S/C25H27N5O3S/c1-2-3-13-30-16-19(15-22(30)31)24(33)26-20-11-9-18(10-12-20)23(32)27-25-29-28-21(34-25)14-17-7-5-4-6-8-17/h4-12,19H,2-3,13-16H2,1H3,(H,26,33)(H,27,29,32). The van der Waals surface area contributed by atoms with E-state index in [1.807, 2.05) is 30.3 Å². The predicted octanol–water partition coefficient (Wildman–Crippen LogP) is 3.97. The van der Waals surface area contributed by atoms with Gasteiger partial charge in [0.15, 0.2) is 0 Å². The van der Waals surface area contributed by atoms with Gasteiger partial charge in [-0.2, -0.15) is 0 Å². The summed E-state index contributed by atoms with van der Waals surface area (Å²) in [6.07, 6.45) is 2.85. The van der Waals surface area contributed by atoms with Crippen molar-refractivity contribution in [2.75, 3.05) is 23.7 Å². The molecule has 1 aromatic heterocycles. The van der Waals surface area contributed by atoms with Crippen LogP contribution < -0.4 is 10.6 Å². The van der Waals surface area contributed by atoms with E-state index in [0.717, 1.165) is 23.4 Å². The van der Waals surface area contributed by atoms with Crippen LogP contribution in [0.1, 0.15) is 47.1 Å². The van der Waals surface area contributed by atoms with Crippen molar-refractivity contribution in [1.29, 1.82) is 0 Å². The van der Waals surface area contributed by atoms with Crippen molar-refractivity contribution in [2.45, 2.75) is 32.6 Å². The van der Waals surface area contributed by atoms with Gasteiger partial charge in [-0.25, -0.2) is 0 Å². The summed E-state index contributed by atoms with van der Waals surface area (Å²) in [5.41, 5.74) is 2.16. The third kappa shape index (κ3) is 6.05. The highest BCUT2D eigenvalue weighted by atomic mass is 32.1. The number of hydrogen-bond acceptors (Lipinski definition) is 6. The van der Waals surface area contributed by atoms with Gasteiger partial charge in [-0.1, -0.05) is 55.0 Å². The maximum atomic E-state index is 12.6. The van der Waals surface area contributed by atoms with Crippen LogP contribution in [0.3, 0.4) is 0 Å². The molecule has 1 saturated heterocycles. The van der Waals surface area contributed by atoms with Crippen molar-refractivity contribution >= 4 is 39.9 Å². The van der Waals surface area contributed by atoms with Crippen molar-refractivity contribution in [1.82, 2.24) is 15.1 Å². The van der Waals surface area contributed by atoms with Crippen LogP contribution >= 0.6 is 11.3 Å². The second-order valence-corrected chi connectivity index (χ2v) is 9.34. The van der Waals surface area contributed by atoms with Gasteiger partial charge in [0, 0.05) is 37.2 Å². The number of aromatic nitrogens is 2. The summed E-state index contributed by atoms with van der Waals surface area (Å²) in [4.78, 5) is 39.0. The molecule has 1 aliphatic heterocycles. The first-order chi connectivity index (χ1) is 16.5. The highest BCUT2D eigenvalue weighted by Crippen LogP contribution is 2.22. The summed E-state index contributed by atoms with van der Waals surface area (Å²) in [5.74, 6) is -0.795. The zero-order valence-corrected chi connectivity index (χ0v) is 19.8. The van der Waals surface area contributed by atoms with Crippen LogP contribution in [0.15, 0.2) is 54.6 Å². The van der Waals surface area contributed by atoms with Crippen molar-refractivity contribution in [3.05, 3.63) is 70.7 Å².